The Labute approximate surface area is 185 Å². The zero-order valence-electron chi connectivity index (χ0n) is 19.0. The van der Waals surface area contributed by atoms with E-state index in [1.807, 2.05) is 33.0 Å². The largest absolute Gasteiger partial charge is 0.337 e. The SMILES string of the molecule is CCC(C)c1ccc(S(=O)(=O)N2CCN(C(=O)/C=C/c3c(C)nn(C)c3C)CC2)cc1. The summed E-state index contributed by atoms with van der Waals surface area (Å²) in [6, 6.07) is 7.17. The van der Waals surface area contributed by atoms with E-state index in [1.165, 1.54) is 4.31 Å². The normalized spacial score (nSPS) is 16.7. The highest BCUT2D eigenvalue weighted by atomic mass is 32.2. The van der Waals surface area contributed by atoms with Gasteiger partial charge in [0.25, 0.3) is 0 Å². The lowest BCUT2D eigenvalue weighted by Gasteiger charge is -2.33. The molecule has 8 heteroatoms. The highest BCUT2D eigenvalue weighted by Crippen LogP contribution is 2.23. The van der Waals surface area contributed by atoms with Gasteiger partial charge in [0, 0.05) is 50.6 Å². The van der Waals surface area contributed by atoms with Gasteiger partial charge in [-0.25, -0.2) is 8.42 Å². The molecule has 0 radical (unpaired) electrons. The van der Waals surface area contributed by atoms with E-state index in [0.29, 0.717) is 37.0 Å². The minimum absolute atomic E-state index is 0.113. The predicted octanol–water partition coefficient (Wildman–Crippen LogP) is 3.10. The molecule has 2 aromatic rings. The second-order valence-corrected chi connectivity index (χ2v) is 10.1. The average Bonchev–Trinajstić information content (AvgIpc) is 3.02. The fourth-order valence-corrected chi connectivity index (χ4v) is 5.22. The number of carbonyl (C=O) groups excluding carboxylic acids is 1. The van der Waals surface area contributed by atoms with Gasteiger partial charge >= 0.3 is 0 Å². The van der Waals surface area contributed by atoms with Crippen LogP contribution in [0.25, 0.3) is 6.08 Å². The molecule has 0 spiro atoms. The van der Waals surface area contributed by atoms with E-state index in [4.69, 9.17) is 0 Å². The second kappa shape index (κ2) is 9.36. The topological polar surface area (TPSA) is 75.5 Å². The summed E-state index contributed by atoms with van der Waals surface area (Å²) in [5, 5.41) is 4.35. The summed E-state index contributed by atoms with van der Waals surface area (Å²) < 4.78 is 29.3. The molecule has 2 heterocycles. The highest BCUT2D eigenvalue weighted by molar-refractivity contribution is 7.89. The van der Waals surface area contributed by atoms with Gasteiger partial charge in [-0.3, -0.25) is 9.48 Å². The first-order valence-corrected chi connectivity index (χ1v) is 12.2. The number of aryl methyl sites for hydroxylation is 2. The van der Waals surface area contributed by atoms with Crippen LogP contribution in [0.1, 0.15) is 48.7 Å². The van der Waals surface area contributed by atoms with E-state index in [1.54, 1.807) is 33.9 Å². The molecule has 1 unspecified atom stereocenters. The maximum Gasteiger partial charge on any atom is 0.246 e. The molecule has 1 aromatic heterocycles. The van der Waals surface area contributed by atoms with Crippen LogP contribution in [0.4, 0.5) is 0 Å². The van der Waals surface area contributed by atoms with Crippen molar-refractivity contribution in [3.63, 3.8) is 0 Å². The first kappa shape index (κ1) is 23.2. The Morgan fingerprint density at radius 2 is 1.74 bits per heavy atom. The first-order valence-electron chi connectivity index (χ1n) is 10.7. The number of piperazine rings is 1. The number of nitrogens with zero attached hydrogens (tertiary/aromatic N) is 4. The summed E-state index contributed by atoms with van der Waals surface area (Å²) in [7, 11) is -1.68. The Kier molecular flexibility index (Phi) is 7.01. The third kappa shape index (κ3) is 4.91. The second-order valence-electron chi connectivity index (χ2n) is 8.15. The molecule has 168 valence electrons. The van der Waals surface area contributed by atoms with Crippen LogP contribution in [0.5, 0.6) is 0 Å². The lowest BCUT2D eigenvalue weighted by molar-refractivity contribution is -0.127. The molecule has 0 aliphatic carbocycles. The van der Waals surface area contributed by atoms with E-state index >= 15 is 0 Å². The van der Waals surface area contributed by atoms with Crippen LogP contribution in [-0.2, 0) is 21.9 Å². The molecule has 0 N–H and O–H groups in total. The average molecular weight is 445 g/mol. The molecule has 1 aliphatic heterocycles. The van der Waals surface area contributed by atoms with Gasteiger partial charge in [0.05, 0.1) is 10.6 Å². The fraction of sp³-hybridized carbons (Fsp3) is 0.478. The minimum atomic E-state index is -3.56. The van der Waals surface area contributed by atoms with E-state index in [9.17, 15) is 13.2 Å². The Morgan fingerprint density at radius 1 is 1.13 bits per heavy atom. The van der Waals surface area contributed by atoms with Crippen molar-refractivity contribution in [3.8, 4) is 0 Å². The Morgan fingerprint density at radius 3 is 2.26 bits per heavy atom. The molecule has 1 aliphatic rings. The number of carbonyl (C=O) groups is 1. The molecule has 31 heavy (non-hydrogen) atoms. The minimum Gasteiger partial charge on any atom is -0.337 e. The lowest BCUT2D eigenvalue weighted by atomic mass is 9.99. The number of hydrogen-bond donors (Lipinski definition) is 0. The van der Waals surface area contributed by atoms with Gasteiger partial charge < -0.3 is 4.90 Å². The van der Waals surface area contributed by atoms with Gasteiger partial charge in [-0.2, -0.15) is 9.40 Å². The maximum atomic E-state index is 13.0. The van der Waals surface area contributed by atoms with Gasteiger partial charge in [-0.1, -0.05) is 26.0 Å². The number of sulfonamides is 1. The van der Waals surface area contributed by atoms with Gasteiger partial charge in [0.2, 0.25) is 15.9 Å². The number of benzene rings is 1. The Bertz CT molecular complexity index is 1060. The van der Waals surface area contributed by atoms with Gasteiger partial charge in [0.15, 0.2) is 0 Å². The number of amides is 1. The molecule has 1 aromatic carbocycles. The molecule has 3 rings (SSSR count). The number of aromatic nitrogens is 2. The van der Waals surface area contributed by atoms with Crippen LogP contribution in [0.3, 0.4) is 0 Å². The number of hydrogen-bond acceptors (Lipinski definition) is 4. The smallest absolute Gasteiger partial charge is 0.246 e. The zero-order valence-corrected chi connectivity index (χ0v) is 19.8. The van der Waals surface area contributed by atoms with Crippen molar-refractivity contribution < 1.29 is 13.2 Å². The van der Waals surface area contributed by atoms with Crippen molar-refractivity contribution in [2.45, 2.75) is 44.9 Å². The van der Waals surface area contributed by atoms with Crippen molar-refractivity contribution in [3.05, 3.63) is 52.9 Å². The quantitative estimate of drug-likeness (QED) is 0.642. The third-order valence-corrected chi connectivity index (χ3v) is 8.12. The maximum absolute atomic E-state index is 13.0. The van der Waals surface area contributed by atoms with E-state index in [2.05, 4.69) is 18.9 Å². The Hall–Kier alpha value is -2.45. The molecule has 1 atom stereocenters. The van der Waals surface area contributed by atoms with Crippen molar-refractivity contribution in [1.82, 2.24) is 19.0 Å². The van der Waals surface area contributed by atoms with Crippen LogP contribution < -0.4 is 0 Å². The lowest BCUT2D eigenvalue weighted by Crippen LogP contribution is -2.50. The van der Waals surface area contributed by atoms with Crippen molar-refractivity contribution in [2.75, 3.05) is 26.2 Å². The van der Waals surface area contributed by atoms with Crippen LogP contribution in [0, 0.1) is 13.8 Å². The van der Waals surface area contributed by atoms with E-state index < -0.39 is 10.0 Å². The van der Waals surface area contributed by atoms with E-state index in [-0.39, 0.29) is 5.91 Å². The third-order valence-electron chi connectivity index (χ3n) is 6.21. The zero-order chi connectivity index (χ0) is 22.8. The molecule has 1 fully saturated rings. The predicted molar refractivity (Wildman–Crippen MR) is 122 cm³/mol. The molecule has 0 saturated carbocycles. The fourth-order valence-electron chi connectivity index (χ4n) is 3.79. The molecule has 1 amide bonds. The van der Waals surface area contributed by atoms with Crippen LogP contribution >= 0.6 is 0 Å². The molecular formula is C23H32N4O3S. The van der Waals surface area contributed by atoms with Crippen molar-refractivity contribution in [1.29, 1.82) is 0 Å². The van der Waals surface area contributed by atoms with Gasteiger partial charge in [-0.15, -0.1) is 0 Å². The van der Waals surface area contributed by atoms with Crippen LogP contribution in [-0.4, -0.2) is 59.5 Å². The van der Waals surface area contributed by atoms with Crippen LogP contribution in [0.15, 0.2) is 35.2 Å². The summed E-state index contributed by atoms with van der Waals surface area (Å²) in [6.07, 6.45) is 4.35. The molecule has 1 saturated heterocycles. The van der Waals surface area contributed by atoms with Crippen LogP contribution in [0.2, 0.25) is 0 Å². The van der Waals surface area contributed by atoms with Gasteiger partial charge in [-0.05, 0) is 50.0 Å². The standard InChI is InChI=1S/C23H32N4O3S/c1-6-17(2)20-7-9-21(10-8-20)31(29,30)27-15-13-26(14-16-27)23(28)12-11-22-18(3)24-25(5)19(22)4/h7-12,17H,6,13-16H2,1-5H3/b12-11+. The molecular weight excluding hydrogens is 412 g/mol. The van der Waals surface area contributed by atoms with E-state index in [0.717, 1.165) is 28.9 Å². The summed E-state index contributed by atoms with van der Waals surface area (Å²) >= 11 is 0. The molecule has 0 bridgehead atoms. The molecule has 7 nitrogen and oxygen atoms in total. The number of rotatable bonds is 6. The summed E-state index contributed by atoms with van der Waals surface area (Å²) in [6.45, 7) is 9.45. The van der Waals surface area contributed by atoms with Gasteiger partial charge in [0.1, 0.15) is 0 Å². The summed E-state index contributed by atoms with van der Waals surface area (Å²) in [5.74, 6) is 0.288. The highest BCUT2D eigenvalue weighted by Gasteiger charge is 2.29. The van der Waals surface area contributed by atoms with Crippen molar-refractivity contribution in [2.24, 2.45) is 7.05 Å². The monoisotopic (exact) mass is 444 g/mol. The van der Waals surface area contributed by atoms with Crippen molar-refractivity contribution >= 4 is 22.0 Å². The first-order chi connectivity index (χ1) is 14.6. The Balaban J connectivity index is 1.63. The summed E-state index contributed by atoms with van der Waals surface area (Å²) in [5.41, 5.74) is 3.96. The summed E-state index contributed by atoms with van der Waals surface area (Å²) in [4.78, 5) is 14.6.